The van der Waals surface area contributed by atoms with Crippen LogP contribution >= 0.6 is 0 Å². The van der Waals surface area contributed by atoms with E-state index in [9.17, 15) is 13.2 Å². The number of sulfonamides is 1. The molecule has 1 saturated heterocycles. The molecule has 156 valence electrons. The summed E-state index contributed by atoms with van der Waals surface area (Å²) in [5.41, 5.74) is 2.68. The van der Waals surface area contributed by atoms with E-state index in [-0.39, 0.29) is 17.9 Å². The lowest BCUT2D eigenvalue weighted by Gasteiger charge is -2.34. The van der Waals surface area contributed by atoms with Crippen molar-refractivity contribution in [2.75, 3.05) is 39.3 Å². The molecule has 1 aromatic rings. The van der Waals surface area contributed by atoms with Crippen LogP contribution in [-0.4, -0.2) is 62.8 Å². The molecule has 7 heteroatoms. The molecule has 1 N–H and O–H groups in total. The zero-order chi connectivity index (χ0) is 21.1. The molecule has 1 aromatic carbocycles. The van der Waals surface area contributed by atoms with Crippen LogP contribution in [-0.2, 0) is 20.2 Å². The van der Waals surface area contributed by atoms with Gasteiger partial charge in [-0.05, 0) is 36.0 Å². The lowest BCUT2D eigenvalue weighted by molar-refractivity contribution is -0.122. The SMILES string of the molecule is C=CCNC(=O)CN1CCN(S(=O)(=O)c2c(C)cc(C(C)(C)C)cc2C)CC1. The number of piperazine rings is 1. The van der Waals surface area contributed by atoms with Crippen molar-refractivity contribution < 1.29 is 13.2 Å². The predicted octanol–water partition coefficient (Wildman–Crippen LogP) is 2.21. The van der Waals surface area contributed by atoms with E-state index in [2.05, 4.69) is 32.7 Å². The van der Waals surface area contributed by atoms with Gasteiger partial charge in [-0.25, -0.2) is 8.42 Å². The van der Waals surface area contributed by atoms with E-state index in [1.807, 2.05) is 30.9 Å². The van der Waals surface area contributed by atoms with E-state index in [4.69, 9.17) is 0 Å². The third-order valence-corrected chi connectivity index (χ3v) is 7.27. The number of rotatable bonds is 6. The Labute approximate surface area is 169 Å². The van der Waals surface area contributed by atoms with Crippen LogP contribution in [0.3, 0.4) is 0 Å². The van der Waals surface area contributed by atoms with Gasteiger partial charge < -0.3 is 5.32 Å². The summed E-state index contributed by atoms with van der Waals surface area (Å²) in [5, 5.41) is 2.75. The maximum atomic E-state index is 13.3. The van der Waals surface area contributed by atoms with Gasteiger partial charge >= 0.3 is 0 Å². The summed E-state index contributed by atoms with van der Waals surface area (Å²) < 4.78 is 28.1. The van der Waals surface area contributed by atoms with Crippen LogP contribution in [0.1, 0.15) is 37.5 Å². The third kappa shape index (κ3) is 5.21. The molecule has 0 aliphatic carbocycles. The molecule has 1 fully saturated rings. The average molecular weight is 408 g/mol. The standard InChI is InChI=1S/C21H33N3O3S/c1-7-8-22-19(25)15-23-9-11-24(12-10-23)28(26,27)20-16(2)13-18(14-17(20)3)21(4,5)6/h7,13-14H,1,8-12,15H2,2-6H3,(H,22,25). The minimum atomic E-state index is -3.56. The summed E-state index contributed by atoms with van der Waals surface area (Å²) in [6, 6.07) is 3.97. The van der Waals surface area contributed by atoms with Crippen molar-refractivity contribution >= 4 is 15.9 Å². The van der Waals surface area contributed by atoms with Gasteiger partial charge in [0.05, 0.1) is 11.4 Å². The highest BCUT2D eigenvalue weighted by atomic mass is 32.2. The molecule has 0 bridgehead atoms. The number of benzene rings is 1. The molecule has 0 atom stereocenters. The summed E-state index contributed by atoms with van der Waals surface area (Å²) in [5.74, 6) is -0.0688. The van der Waals surface area contributed by atoms with E-state index in [1.165, 1.54) is 4.31 Å². The highest BCUT2D eigenvalue weighted by Gasteiger charge is 2.32. The number of aryl methyl sites for hydroxylation is 2. The molecule has 0 radical (unpaired) electrons. The van der Waals surface area contributed by atoms with E-state index in [0.29, 0.717) is 37.6 Å². The van der Waals surface area contributed by atoms with Crippen molar-refractivity contribution in [3.63, 3.8) is 0 Å². The van der Waals surface area contributed by atoms with Gasteiger partial charge in [-0.3, -0.25) is 9.69 Å². The molecule has 0 aromatic heterocycles. The molecule has 28 heavy (non-hydrogen) atoms. The van der Waals surface area contributed by atoms with E-state index >= 15 is 0 Å². The Bertz CT molecular complexity index is 810. The van der Waals surface area contributed by atoms with Crippen molar-refractivity contribution in [2.24, 2.45) is 0 Å². The van der Waals surface area contributed by atoms with Gasteiger partial charge in [-0.1, -0.05) is 39.0 Å². The third-order valence-electron chi connectivity index (χ3n) is 5.07. The summed E-state index contributed by atoms with van der Waals surface area (Å²) in [7, 11) is -3.56. The van der Waals surface area contributed by atoms with E-state index < -0.39 is 10.0 Å². The molecule has 1 aliphatic rings. The smallest absolute Gasteiger partial charge is 0.243 e. The summed E-state index contributed by atoms with van der Waals surface area (Å²) in [6.07, 6.45) is 1.64. The molecule has 0 saturated carbocycles. The summed E-state index contributed by atoms with van der Waals surface area (Å²) in [6.45, 7) is 16.3. The van der Waals surface area contributed by atoms with Gasteiger partial charge in [-0.2, -0.15) is 4.31 Å². The van der Waals surface area contributed by atoms with Crippen LogP contribution in [0.4, 0.5) is 0 Å². The first-order chi connectivity index (χ1) is 13.0. The van der Waals surface area contributed by atoms with Crippen LogP contribution in [0, 0.1) is 13.8 Å². The quantitative estimate of drug-likeness (QED) is 0.734. The highest BCUT2D eigenvalue weighted by Crippen LogP contribution is 2.31. The average Bonchev–Trinajstić information content (AvgIpc) is 2.58. The van der Waals surface area contributed by atoms with E-state index in [1.54, 1.807) is 6.08 Å². The Hall–Kier alpha value is -1.70. The van der Waals surface area contributed by atoms with Gasteiger partial charge in [0, 0.05) is 32.7 Å². The van der Waals surface area contributed by atoms with Crippen molar-refractivity contribution in [1.82, 2.24) is 14.5 Å². The van der Waals surface area contributed by atoms with Crippen LogP contribution < -0.4 is 5.32 Å². The fraction of sp³-hybridized carbons (Fsp3) is 0.571. The number of hydrogen-bond donors (Lipinski definition) is 1. The molecular weight excluding hydrogens is 374 g/mol. The van der Waals surface area contributed by atoms with Gasteiger partial charge in [0.15, 0.2) is 0 Å². The molecule has 2 rings (SSSR count). The Morgan fingerprint density at radius 1 is 1.14 bits per heavy atom. The fourth-order valence-corrected chi connectivity index (χ4v) is 5.33. The van der Waals surface area contributed by atoms with Gasteiger partial charge in [-0.15, -0.1) is 6.58 Å². The largest absolute Gasteiger partial charge is 0.352 e. The van der Waals surface area contributed by atoms with Crippen molar-refractivity contribution in [1.29, 1.82) is 0 Å². The Kier molecular flexibility index (Phi) is 7.07. The molecule has 6 nitrogen and oxygen atoms in total. The number of nitrogens with zero attached hydrogens (tertiary/aromatic N) is 2. The predicted molar refractivity (Wildman–Crippen MR) is 113 cm³/mol. The first-order valence-corrected chi connectivity index (χ1v) is 11.1. The van der Waals surface area contributed by atoms with Gasteiger partial charge in [0.2, 0.25) is 15.9 Å². The lowest BCUT2D eigenvalue weighted by Crippen LogP contribution is -2.51. The Balaban J connectivity index is 2.13. The second-order valence-corrected chi connectivity index (χ2v) is 10.3. The van der Waals surface area contributed by atoms with E-state index in [0.717, 1.165) is 16.7 Å². The minimum absolute atomic E-state index is 0.0321. The highest BCUT2D eigenvalue weighted by molar-refractivity contribution is 7.89. The number of nitrogens with one attached hydrogen (secondary N) is 1. The summed E-state index contributed by atoms with van der Waals surface area (Å²) in [4.78, 5) is 14.2. The van der Waals surface area contributed by atoms with Gasteiger partial charge in [0.25, 0.3) is 0 Å². The first kappa shape index (κ1) is 22.6. The van der Waals surface area contributed by atoms with Crippen LogP contribution in [0.5, 0.6) is 0 Å². The number of hydrogen-bond acceptors (Lipinski definition) is 4. The Morgan fingerprint density at radius 2 is 1.68 bits per heavy atom. The normalized spacial score (nSPS) is 16.8. The molecule has 0 unspecified atom stereocenters. The zero-order valence-electron chi connectivity index (χ0n) is 17.7. The fourth-order valence-electron chi connectivity index (χ4n) is 3.49. The monoisotopic (exact) mass is 407 g/mol. The topological polar surface area (TPSA) is 69.7 Å². The minimum Gasteiger partial charge on any atom is -0.352 e. The van der Waals surface area contributed by atoms with Crippen molar-refractivity contribution in [3.05, 3.63) is 41.5 Å². The van der Waals surface area contributed by atoms with Crippen molar-refractivity contribution in [3.8, 4) is 0 Å². The maximum absolute atomic E-state index is 13.3. The zero-order valence-corrected chi connectivity index (χ0v) is 18.5. The maximum Gasteiger partial charge on any atom is 0.243 e. The van der Waals surface area contributed by atoms with Gasteiger partial charge in [0.1, 0.15) is 0 Å². The molecule has 1 amide bonds. The molecule has 0 spiro atoms. The second-order valence-electron chi connectivity index (χ2n) is 8.46. The van der Waals surface area contributed by atoms with Crippen molar-refractivity contribution in [2.45, 2.75) is 44.9 Å². The Morgan fingerprint density at radius 3 is 2.14 bits per heavy atom. The summed E-state index contributed by atoms with van der Waals surface area (Å²) >= 11 is 0. The molecule has 1 aliphatic heterocycles. The number of amides is 1. The molecule has 1 heterocycles. The van der Waals surface area contributed by atoms with Crippen LogP contribution in [0.15, 0.2) is 29.7 Å². The lowest BCUT2D eigenvalue weighted by atomic mass is 9.85. The molecular formula is C21H33N3O3S. The first-order valence-electron chi connectivity index (χ1n) is 9.68. The number of carbonyl (C=O) groups is 1. The van der Waals surface area contributed by atoms with Crippen LogP contribution in [0.2, 0.25) is 0 Å². The van der Waals surface area contributed by atoms with Crippen LogP contribution in [0.25, 0.3) is 0 Å². The number of carbonyl (C=O) groups excluding carboxylic acids is 1. The second kappa shape index (κ2) is 8.76.